The molecule has 0 radical (unpaired) electrons. The third-order valence-corrected chi connectivity index (χ3v) is 3.80. The Balaban J connectivity index is 1.61. The standard InChI is InChI=1S/C15H15N3O3/c1-8(19)16-12-7-20-13-6-10(4-5-11(12)13)14-17-15(21-18-14)9-2-3-9/h4-6,9,12H,2-3,7H2,1H3,(H,16,19). The number of hydrogen-bond acceptors (Lipinski definition) is 5. The highest BCUT2D eigenvalue weighted by Gasteiger charge is 2.30. The number of fused-ring (bicyclic) bond motifs is 1. The van der Waals surface area contributed by atoms with E-state index in [0.29, 0.717) is 18.3 Å². The van der Waals surface area contributed by atoms with E-state index < -0.39 is 0 Å². The molecule has 1 unspecified atom stereocenters. The first-order valence-corrected chi connectivity index (χ1v) is 7.08. The van der Waals surface area contributed by atoms with Crippen molar-refractivity contribution in [2.75, 3.05) is 6.61 Å². The van der Waals surface area contributed by atoms with Crippen LogP contribution in [-0.4, -0.2) is 22.7 Å². The molecule has 1 fully saturated rings. The lowest BCUT2D eigenvalue weighted by atomic mass is 10.1. The van der Waals surface area contributed by atoms with Crippen molar-refractivity contribution in [1.29, 1.82) is 0 Å². The van der Waals surface area contributed by atoms with Crippen LogP contribution in [-0.2, 0) is 4.79 Å². The predicted molar refractivity (Wildman–Crippen MR) is 73.8 cm³/mol. The van der Waals surface area contributed by atoms with Crippen LogP contribution in [0, 0.1) is 0 Å². The van der Waals surface area contributed by atoms with Gasteiger partial charge >= 0.3 is 0 Å². The predicted octanol–water partition coefficient (Wildman–Crippen LogP) is 2.18. The number of aromatic nitrogens is 2. The van der Waals surface area contributed by atoms with E-state index in [1.54, 1.807) is 0 Å². The van der Waals surface area contributed by atoms with Gasteiger partial charge in [-0.1, -0.05) is 17.3 Å². The van der Waals surface area contributed by atoms with Crippen molar-refractivity contribution in [1.82, 2.24) is 15.5 Å². The number of carbonyl (C=O) groups excluding carboxylic acids is 1. The molecule has 6 heteroatoms. The van der Waals surface area contributed by atoms with E-state index in [2.05, 4.69) is 15.5 Å². The van der Waals surface area contributed by atoms with Crippen molar-refractivity contribution in [2.24, 2.45) is 0 Å². The first-order valence-electron chi connectivity index (χ1n) is 7.08. The Morgan fingerprint density at radius 3 is 3.00 bits per heavy atom. The molecule has 4 rings (SSSR count). The van der Waals surface area contributed by atoms with Crippen LogP contribution in [0.4, 0.5) is 0 Å². The molecule has 1 atom stereocenters. The van der Waals surface area contributed by atoms with Crippen LogP contribution in [0.15, 0.2) is 22.7 Å². The third-order valence-electron chi connectivity index (χ3n) is 3.80. The van der Waals surface area contributed by atoms with Gasteiger partial charge in [0.25, 0.3) is 0 Å². The fraction of sp³-hybridized carbons (Fsp3) is 0.400. The van der Waals surface area contributed by atoms with Gasteiger partial charge in [0.15, 0.2) is 0 Å². The first-order chi connectivity index (χ1) is 10.2. The van der Waals surface area contributed by atoms with E-state index in [0.717, 1.165) is 35.6 Å². The van der Waals surface area contributed by atoms with Gasteiger partial charge < -0.3 is 14.6 Å². The molecule has 0 bridgehead atoms. The molecule has 1 aromatic carbocycles. The molecule has 1 amide bonds. The van der Waals surface area contributed by atoms with Crippen molar-refractivity contribution in [3.05, 3.63) is 29.7 Å². The molecule has 1 aromatic heterocycles. The molecule has 1 N–H and O–H groups in total. The second-order valence-electron chi connectivity index (χ2n) is 5.55. The summed E-state index contributed by atoms with van der Waals surface area (Å²) in [5, 5.41) is 6.90. The number of nitrogens with zero attached hydrogens (tertiary/aromatic N) is 2. The Bertz CT molecular complexity index is 706. The third kappa shape index (κ3) is 2.26. The Morgan fingerprint density at radius 2 is 2.24 bits per heavy atom. The zero-order valence-electron chi connectivity index (χ0n) is 11.6. The van der Waals surface area contributed by atoms with Crippen LogP contribution in [0.2, 0.25) is 0 Å². The fourth-order valence-corrected chi connectivity index (χ4v) is 2.56. The SMILES string of the molecule is CC(=O)NC1COc2cc(-c3noc(C4CC4)n3)ccc21. The highest BCUT2D eigenvalue weighted by molar-refractivity contribution is 5.74. The quantitative estimate of drug-likeness (QED) is 0.935. The van der Waals surface area contributed by atoms with E-state index in [4.69, 9.17) is 9.26 Å². The average molecular weight is 285 g/mol. The van der Waals surface area contributed by atoms with Crippen molar-refractivity contribution in [3.8, 4) is 17.1 Å². The molecular formula is C15H15N3O3. The Kier molecular flexibility index (Phi) is 2.70. The summed E-state index contributed by atoms with van der Waals surface area (Å²) in [4.78, 5) is 15.6. The summed E-state index contributed by atoms with van der Waals surface area (Å²) in [6, 6.07) is 5.70. The lowest BCUT2D eigenvalue weighted by Crippen LogP contribution is -2.26. The Morgan fingerprint density at radius 1 is 1.38 bits per heavy atom. The first kappa shape index (κ1) is 12.4. The van der Waals surface area contributed by atoms with Gasteiger partial charge in [0.05, 0.1) is 6.04 Å². The monoisotopic (exact) mass is 285 g/mol. The minimum Gasteiger partial charge on any atom is -0.491 e. The topological polar surface area (TPSA) is 77.2 Å². The average Bonchev–Trinajstić information content (AvgIpc) is 3.07. The van der Waals surface area contributed by atoms with Crippen molar-refractivity contribution in [2.45, 2.75) is 31.7 Å². The molecule has 0 spiro atoms. The maximum absolute atomic E-state index is 11.2. The zero-order chi connectivity index (χ0) is 14.4. The van der Waals surface area contributed by atoms with Crippen LogP contribution >= 0.6 is 0 Å². The maximum atomic E-state index is 11.2. The lowest BCUT2D eigenvalue weighted by Gasteiger charge is -2.09. The van der Waals surface area contributed by atoms with E-state index >= 15 is 0 Å². The molecule has 0 saturated heterocycles. The van der Waals surface area contributed by atoms with Gasteiger partial charge in [-0.05, 0) is 18.9 Å². The van der Waals surface area contributed by atoms with E-state index in [-0.39, 0.29) is 11.9 Å². The largest absolute Gasteiger partial charge is 0.491 e. The number of carbonyl (C=O) groups is 1. The van der Waals surface area contributed by atoms with Crippen molar-refractivity contribution >= 4 is 5.91 Å². The summed E-state index contributed by atoms with van der Waals surface area (Å²) in [5.74, 6) is 2.46. The van der Waals surface area contributed by atoms with Crippen molar-refractivity contribution in [3.63, 3.8) is 0 Å². The normalized spacial score (nSPS) is 20.0. The molecule has 108 valence electrons. The second kappa shape index (κ2) is 4.58. The van der Waals surface area contributed by atoms with Crippen LogP contribution in [0.25, 0.3) is 11.4 Å². The summed E-state index contributed by atoms with van der Waals surface area (Å²) in [5.41, 5.74) is 1.85. The van der Waals surface area contributed by atoms with Gasteiger partial charge in [0, 0.05) is 24.0 Å². The summed E-state index contributed by atoms with van der Waals surface area (Å²) < 4.78 is 10.9. The summed E-state index contributed by atoms with van der Waals surface area (Å²) in [6.07, 6.45) is 2.26. The molecule has 1 saturated carbocycles. The number of amides is 1. The fourth-order valence-electron chi connectivity index (χ4n) is 2.56. The minimum atomic E-state index is -0.0844. The minimum absolute atomic E-state index is 0.0623. The molecule has 6 nitrogen and oxygen atoms in total. The highest BCUT2D eigenvalue weighted by Crippen LogP contribution is 2.40. The molecule has 2 aromatic rings. The molecule has 1 aliphatic carbocycles. The molecule has 1 aliphatic heterocycles. The second-order valence-corrected chi connectivity index (χ2v) is 5.55. The molecular weight excluding hydrogens is 270 g/mol. The lowest BCUT2D eigenvalue weighted by molar-refractivity contribution is -0.119. The molecule has 2 heterocycles. The summed E-state index contributed by atoms with van der Waals surface area (Å²) in [6.45, 7) is 1.96. The van der Waals surface area contributed by atoms with Gasteiger partial charge in [-0.25, -0.2) is 0 Å². The van der Waals surface area contributed by atoms with Crippen LogP contribution in [0.3, 0.4) is 0 Å². The van der Waals surface area contributed by atoms with Crippen LogP contribution in [0.1, 0.15) is 43.2 Å². The van der Waals surface area contributed by atoms with Gasteiger partial charge in [-0.2, -0.15) is 4.98 Å². The van der Waals surface area contributed by atoms with Crippen molar-refractivity contribution < 1.29 is 14.1 Å². The van der Waals surface area contributed by atoms with Crippen LogP contribution in [0.5, 0.6) is 5.75 Å². The van der Waals surface area contributed by atoms with Crippen LogP contribution < -0.4 is 10.1 Å². The molecule has 21 heavy (non-hydrogen) atoms. The summed E-state index contributed by atoms with van der Waals surface area (Å²) in [7, 11) is 0. The zero-order valence-corrected chi connectivity index (χ0v) is 11.6. The van der Waals surface area contributed by atoms with Gasteiger partial charge in [-0.3, -0.25) is 4.79 Å². The smallest absolute Gasteiger partial charge is 0.230 e. The summed E-state index contributed by atoms with van der Waals surface area (Å²) >= 11 is 0. The van der Waals surface area contributed by atoms with Gasteiger partial charge in [0.1, 0.15) is 12.4 Å². The number of benzene rings is 1. The number of hydrogen-bond donors (Lipinski definition) is 1. The maximum Gasteiger partial charge on any atom is 0.230 e. The van der Waals surface area contributed by atoms with Gasteiger partial charge in [0.2, 0.25) is 17.6 Å². The van der Waals surface area contributed by atoms with E-state index in [1.165, 1.54) is 6.92 Å². The number of rotatable bonds is 3. The van der Waals surface area contributed by atoms with Gasteiger partial charge in [-0.15, -0.1) is 0 Å². The van der Waals surface area contributed by atoms with E-state index in [1.807, 2.05) is 18.2 Å². The number of nitrogens with one attached hydrogen (secondary N) is 1. The highest BCUT2D eigenvalue weighted by atomic mass is 16.5. The van der Waals surface area contributed by atoms with E-state index in [9.17, 15) is 4.79 Å². The number of ether oxygens (including phenoxy) is 1. The Labute approximate surface area is 121 Å². The molecule has 2 aliphatic rings. The Hall–Kier alpha value is -2.37.